The van der Waals surface area contributed by atoms with Gasteiger partial charge in [-0.05, 0) is 36.6 Å². The molecule has 5 heteroatoms. The molecule has 0 radical (unpaired) electrons. The molecule has 1 aliphatic rings. The lowest BCUT2D eigenvalue weighted by Crippen LogP contribution is -2.38. The Bertz CT molecular complexity index is 394. The van der Waals surface area contributed by atoms with Crippen LogP contribution in [0.4, 0.5) is 0 Å². The Morgan fingerprint density at radius 3 is 3.13 bits per heavy atom. The first-order chi connectivity index (χ1) is 7.20. The van der Waals surface area contributed by atoms with Gasteiger partial charge >= 0.3 is 0 Å². The highest BCUT2D eigenvalue weighted by Crippen LogP contribution is 2.30. The number of fused-ring (bicyclic) bond motifs is 1. The summed E-state index contributed by atoms with van der Waals surface area (Å²) in [5, 5.41) is 8.49. The summed E-state index contributed by atoms with van der Waals surface area (Å²) in [4.78, 5) is 11.1. The van der Waals surface area contributed by atoms with E-state index in [2.05, 4.69) is 15.9 Å². The molecule has 0 saturated heterocycles. The first kappa shape index (κ1) is 10.4. The standard InChI is InChI=1S/C10H10BrNO3/c11-7-2-4-8-6(5-7)1-3-9(15-8)10(13)12-14/h2,4-5,9,14H,1,3H2,(H,12,13)/t9-/m1/s1. The molecule has 2 rings (SSSR count). The van der Waals surface area contributed by atoms with E-state index in [1.165, 1.54) is 0 Å². The van der Waals surface area contributed by atoms with Crippen LogP contribution in [0.1, 0.15) is 12.0 Å². The first-order valence-corrected chi connectivity index (χ1v) is 5.39. The van der Waals surface area contributed by atoms with Crippen LogP contribution in [0.3, 0.4) is 0 Å². The predicted molar refractivity (Wildman–Crippen MR) is 56.8 cm³/mol. The maximum absolute atomic E-state index is 11.1. The Labute approximate surface area is 95.3 Å². The lowest BCUT2D eigenvalue weighted by molar-refractivity contribution is -0.137. The van der Waals surface area contributed by atoms with Crippen molar-refractivity contribution in [2.45, 2.75) is 18.9 Å². The normalized spacial score (nSPS) is 18.9. The highest BCUT2D eigenvalue weighted by Gasteiger charge is 2.25. The number of hydrogen-bond acceptors (Lipinski definition) is 3. The summed E-state index contributed by atoms with van der Waals surface area (Å²) >= 11 is 3.37. The third-order valence-electron chi connectivity index (χ3n) is 2.37. The molecule has 15 heavy (non-hydrogen) atoms. The largest absolute Gasteiger partial charge is 0.480 e. The summed E-state index contributed by atoms with van der Waals surface area (Å²) in [6.45, 7) is 0. The van der Waals surface area contributed by atoms with Crippen LogP contribution in [0.2, 0.25) is 0 Å². The molecule has 1 aromatic rings. The molecule has 1 heterocycles. The highest BCUT2D eigenvalue weighted by atomic mass is 79.9. The van der Waals surface area contributed by atoms with Crippen LogP contribution in [-0.4, -0.2) is 17.2 Å². The summed E-state index contributed by atoms with van der Waals surface area (Å²) in [5.74, 6) is 0.210. The van der Waals surface area contributed by atoms with Crippen molar-refractivity contribution in [3.8, 4) is 5.75 Å². The molecule has 0 saturated carbocycles. The Hall–Kier alpha value is -1.07. The summed E-state index contributed by atoms with van der Waals surface area (Å²) in [6.07, 6.45) is 0.756. The summed E-state index contributed by atoms with van der Waals surface area (Å²) in [6, 6.07) is 5.65. The lowest BCUT2D eigenvalue weighted by atomic mass is 10.0. The minimum atomic E-state index is -0.594. The Balaban J connectivity index is 2.20. The molecule has 1 aromatic carbocycles. The zero-order valence-electron chi connectivity index (χ0n) is 7.87. The van der Waals surface area contributed by atoms with Crippen LogP contribution in [0.5, 0.6) is 5.75 Å². The van der Waals surface area contributed by atoms with Gasteiger partial charge in [0.25, 0.3) is 5.91 Å². The number of carbonyl (C=O) groups is 1. The summed E-state index contributed by atoms with van der Waals surface area (Å²) in [5.41, 5.74) is 2.68. The van der Waals surface area contributed by atoms with Gasteiger partial charge in [-0.1, -0.05) is 15.9 Å². The van der Waals surface area contributed by atoms with E-state index < -0.39 is 12.0 Å². The molecule has 2 N–H and O–H groups in total. The van der Waals surface area contributed by atoms with Crippen LogP contribution in [-0.2, 0) is 11.2 Å². The van der Waals surface area contributed by atoms with E-state index in [0.717, 1.165) is 16.5 Å². The van der Waals surface area contributed by atoms with Gasteiger partial charge < -0.3 is 4.74 Å². The quantitative estimate of drug-likeness (QED) is 0.603. The molecule has 1 amide bonds. The zero-order valence-corrected chi connectivity index (χ0v) is 9.45. The molecular formula is C10H10BrNO3. The third kappa shape index (κ3) is 2.13. The highest BCUT2D eigenvalue weighted by molar-refractivity contribution is 9.10. The summed E-state index contributed by atoms with van der Waals surface area (Å²) in [7, 11) is 0. The van der Waals surface area contributed by atoms with E-state index in [4.69, 9.17) is 9.94 Å². The topological polar surface area (TPSA) is 58.6 Å². The summed E-state index contributed by atoms with van der Waals surface area (Å²) < 4.78 is 6.44. The molecule has 0 aliphatic carbocycles. The molecule has 1 atom stereocenters. The zero-order chi connectivity index (χ0) is 10.8. The molecule has 0 unspecified atom stereocenters. The molecule has 0 aromatic heterocycles. The van der Waals surface area contributed by atoms with Gasteiger partial charge in [0.1, 0.15) is 5.75 Å². The molecule has 4 nitrogen and oxygen atoms in total. The van der Waals surface area contributed by atoms with Crippen molar-refractivity contribution in [2.24, 2.45) is 0 Å². The Morgan fingerprint density at radius 1 is 1.60 bits per heavy atom. The average Bonchev–Trinajstić information content (AvgIpc) is 2.27. The van der Waals surface area contributed by atoms with Gasteiger partial charge in [-0.25, -0.2) is 5.48 Å². The number of amides is 1. The number of benzene rings is 1. The van der Waals surface area contributed by atoms with Crippen LogP contribution in [0.25, 0.3) is 0 Å². The van der Waals surface area contributed by atoms with Gasteiger partial charge in [0, 0.05) is 4.47 Å². The van der Waals surface area contributed by atoms with Gasteiger partial charge in [-0.15, -0.1) is 0 Å². The van der Waals surface area contributed by atoms with E-state index in [-0.39, 0.29) is 0 Å². The van der Waals surface area contributed by atoms with Crippen molar-refractivity contribution in [1.29, 1.82) is 0 Å². The van der Waals surface area contributed by atoms with E-state index in [1.54, 1.807) is 5.48 Å². The van der Waals surface area contributed by atoms with E-state index in [0.29, 0.717) is 12.2 Å². The number of hydrogen-bond donors (Lipinski definition) is 2. The number of nitrogens with one attached hydrogen (secondary N) is 1. The number of rotatable bonds is 1. The second-order valence-corrected chi connectivity index (χ2v) is 4.29. The minimum Gasteiger partial charge on any atom is -0.480 e. The van der Waals surface area contributed by atoms with Gasteiger partial charge in [0.15, 0.2) is 6.10 Å². The van der Waals surface area contributed by atoms with Gasteiger partial charge in [0.2, 0.25) is 0 Å². The van der Waals surface area contributed by atoms with Crippen molar-refractivity contribution < 1.29 is 14.7 Å². The molecule has 80 valence electrons. The maximum Gasteiger partial charge on any atom is 0.284 e. The van der Waals surface area contributed by atoms with E-state index >= 15 is 0 Å². The first-order valence-electron chi connectivity index (χ1n) is 4.60. The van der Waals surface area contributed by atoms with Crippen molar-refractivity contribution >= 4 is 21.8 Å². The predicted octanol–water partition coefficient (Wildman–Crippen LogP) is 1.65. The van der Waals surface area contributed by atoms with E-state index in [9.17, 15) is 4.79 Å². The number of ether oxygens (including phenoxy) is 1. The second kappa shape index (κ2) is 4.20. The smallest absolute Gasteiger partial charge is 0.284 e. The fourth-order valence-electron chi connectivity index (χ4n) is 1.61. The number of carbonyl (C=O) groups excluding carboxylic acids is 1. The van der Waals surface area contributed by atoms with Crippen molar-refractivity contribution in [3.63, 3.8) is 0 Å². The number of hydroxylamine groups is 1. The lowest BCUT2D eigenvalue weighted by Gasteiger charge is -2.24. The maximum atomic E-state index is 11.1. The van der Waals surface area contributed by atoms with Crippen LogP contribution in [0.15, 0.2) is 22.7 Å². The van der Waals surface area contributed by atoms with Gasteiger partial charge in [-0.3, -0.25) is 10.0 Å². The van der Waals surface area contributed by atoms with E-state index in [1.807, 2.05) is 18.2 Å². The van der Waals surface area contributed by atoms with Crippen LogP contribution < -0.4 is 10.2 Å². The van der Waals surface area contributed by atoms with Crippen LogP contribution >= 0.6 is 15.9 Å². The SMILES string of the molecule is O=C(NO)[C@H]1CCc2cc(Br)ccc2O1. The van der Waals surface area contributed by atoms with Gasteiger partial charge in [0.05, 0.1) is 0 Å². The minimum absolute atomic E-state index is 0.497. The number of halogens is 1. The molecule has 1 aliphatic heterocycles. The monoisotopic (exact) mass is 271 g/mol. The Morgan fingerprint density at radius 2 is 2.40 bits per heavy atom. The molecular weight excluding hydrogens is 262 g/mol. The van der Waals surface area contributed by atoms with Crippen molar-refractivity contribution in [3.05, 3.63) is 28.2 Å². The second-order valence-electron chi connectivity index (χ2n) is 3.37. The van der Waals surface area contributed by atoms with Crippen molar-refractivity contribution in [2.75, 3.05) is 0 Å². The molecule has 0 bridgehead atoms. The fourth-order valence-corrected chi connectivity index (χ4v) is 2.02. The fraction of sp³-hybridized carbons (Fsp3) is 0.300. The van der Waals surface area contributed by atoms with Crippen molar-refractivity contribution in [1.82, 2.24) is 5.48 Å². The average molecular weight is 272 g/mol. The Kier molecular flexibility index (Phi) is 2.93. The van der Waals surface area contributed by atoms with Gasteiger partial charge in [-0.2, -0.15) is 0 Å². The van der Waals surface area contributed by atoms with Crippen LogP contribution in [0, 0.1) is 0 Å². The third-order valence-corrected chi connectivity index (χ3v) is 2.86. The molecule has 0 fully saturated rings. The molecule has 0 spiro atoms. The number of aryl methyl sites for hydroxylation is 1.